The van der Waals surface area contributed by atoms with E-state index in [9.17, 15) is 8.42 Å². The molecule has 1 N–H and O–H groups in total. The highest BCUT2D eigenvalue weighted by atomic mass is 32.2. The zero-order chi connectivity index (χ0) is 12.1. The highest BCUT2D eigenvalue weighted by molar-refractivity contribution is 7.92. The van der Waals surface area contributed by atoms with Gasteiger partial charge < -0.3 is 5.32 Å². The second-order valence-corrected chi connectivity index (χ2v) is 7.22. The molecule has 0 amide bonds. The fourth-order valence-electron chi connectivity index (χ4n) is 2.45. The molecule has 0 aromatic carbocycles. The summed E-state index contributed by atoms with van der Waals surface area (Å²) < 4.78 is 23.6. The molecule has 2 rings (SSSR count). The van der Waals surface area contributed by atoms with Crippen LogP contribution in [0.3, 0.4) is 0 Å². The Bertz CT molecular complexity index is 359. The van der Waals surface area contributed by atoms with Crippen LogP contribution in [0.1, 0.15) is 19.3 Å². The van der Waals surface area contributed by atoms with Gasteiger partial charge in [0.2, 0.25) is 0 Å². The van der Waals surface area contributed by atoms with E-state index in [0.717, 1.165) is 52.0 Å². The van der Waals surface area contributed by atoms with Gasteiger partial charge >= 0.3 is 0 Å². The van der Waals surface area contributed by atoms with E-state index in [4.69, 9.17) is 0 Å². The van der Waals surface area contributed by atoms with E-state index in [1.807, 2.05) is 12.2 Å². The third kappa shape index (κ3) is 3.79. The minimum Gasteiger partial charge on any atom is -0.314 e. The van der Waals surface area contributed by atoms with Crippen LogP contribution in [0.2, 0.25) is 0 Å². The Morgan fingerprint density at radius 1 is 1.24 bits per heavy atom. The summed E-state index contributed by atoms with van der Waals surface area (Å²) in [7, 11) is -2.84. The van der Waals surface area contributed by atoms with Gasteiger partial charge in [-0.05, 0) is 12.8 Å². The van der Waals surface area contributed by atoms with E-state index < -0.39 is 9.84 Å². The maximum absolute atomic E-state index is 11.8. The summed E-state index contributed by atoms with van der Waals surface area (Å²) in [6.45, 7) is 5.07. The SMILES string of the molecule is O=S1(=O)CCCCC1/C=C\CN1CCNCC1. The van der Waals surface area contributed by atoms with E-state index in [0.29, 0.717) is 5.75 Å². The van der Waals surface area contributed by atoms with Crippen LogP contribution in [0, 0.1) is 0 Å². The highest BCUT2D eigenvalue weighted by Gasteiger charge is 2.26. The largest absolute Gasteiger partial charge is 0.314 e. The van der Waals surface area contributed by atoms with Crippen LogP contribution in [-0.4, -0.2) is 57.0 Å². The molecular formula is C12H22N2O2S. The minimum absolute atomic E-state index is 0.223. The highest BCUT2D eigenvalue weighted by Crippen LogP contribution is 2.20. The molecule has 0 aromatic heterocycles. The van der Waals surface area contributed by atoms with Gasteiger partial charge in [-0.3, -0.25) is 4.90 Å². The summed E-state index contributed by atoms with van der Waals surface area (Å²) in [5.74, 6) is 0.371. The van der Waals surface area contributed by atoms with Gasteiger partial charge in [-0.15, -0.1) is 0 Å². The smallest absolute Gasteiger partial charge is 0.156 e. The summed E-state index contributed by atoms with van der Waals surface area (Å²) in [5.41, 5.74) is 0. The molecule has 0 aliphatic carbocycles. The molecular weight excluding hydrogens is 236 g/mol. The lowest BCUT2D eigenvalue weighted by Gasteiger charge is -2.26. The van der Waals surface area contributed by atoms with Gasteiger partial charge in [-0.25, -0.2) is 8.42 Å². The zero-order valence-corrected chi connectivity index (χ0v) is 11.1. The van der Waals surface area contributed by atoms with E-state index in [1.54, 1.807) is 0 Å². The van der Waals surface area contributed by atoms with Crippen molar-refractivity contribution in [2.24, 2.45) is 0 Å². The van der Waals surface area contributed by atoms with E-state index in [2.05, 4.69) is 10.2 Å². The third-order valence-electron chi connectivity index (χ3n) is 3.55. The number of nitrogens with one attached hydrogen (secondary N) is 1. The van der Waals surface area contributed by atoms with E-state index in [1.165, 1.54) is 0 Å². The molecule has 1 atom stereocenters. The van der Waals surface area contributed by atoms with E-state index >= 15 is 0 Å². The van der Waals surface area contributed by atoms with Crippen molar-refractivity contribution in [3.05, 3.63) is 12.2 Å². The van der Waals surface area contributed by atoms with Crippen LogP contribution in [-0.2, 0) is 9.84 Å². The summed E-state index contributed by atoms with van der Waals surface area (Å²) >= 11 is 0. The van der Waals surface area contributed by atoms with Gasteiger partial charge in [-0.1, -0.05) is 18.6 Å². The number of rotatable bonds is 3. The van der Waals surface area contributed by atoms with Crippen molar-refractivity contribution in [2.45, 2.75) is 24.5 Å². The van der Waals surface area contributed by atoms with Gasteiger partial charge in [-0.2, -0.15) is 0 Å². The first-order valence-corrected chi connectivity index (χ1v) is 8.21. The maximum atomic E-state index is 11.8. The molecule has 2 fully saturated rings. The number of sulfone groups is 1. The number of piperazine rings is 1. The summed E-state index contributed by atoms with van der Waals surface area (Å²) in [5, 5.41) is 3.08. The van der Waals surface area contributed by atoms with Crippen molar-refractivity contribution in [1.82, 2.24) is 10.2 Å². The molecule has 2 saturated heterocycles. The Kier molecular flexibility index (Phi) is 4.59. The fraction of sp³-hybridized carbons (Fsp3) is 0.833. The zero-order valence-electron chi connectivity index (χ0n) is 10.3. The van der Waals surface area contributed by atoms with Gasteiger partial charge in [0.05, 0.1) is 11.0 Å². The van der Waals surface area contributed by atoms with Crippen molar-refractivity contribution in [3.8, 4) is 0 Å². The normalized spacial score (nSPS) is 30.7. The average molecular weight is 258 g/mol. The number of hydrogen-bond donors (Lipinski definition) is 1. The first-order valence-electron chi connectivity index (χ1n) is 6.50. The summed E-state index contributed by atoms with van der Waals surface area (Å²) in [4.78, 5) is 2.35. The number of nitrogens with zero attached hydrogens (tertiary/aromatic N) is 1. The summed E-state index contributed by atoms with van der Waals surface area (Å²) in [6.07, 6.45) is 6.64. The van der Waals surface area contributed by atoms with Crippen LogP contribution in [0.4, 0.5) is 0 Å². The molecule has 0 aromatic rings. The van der Waals surface area contributed by atoms with Crippen molar-refractivity contribution < 1.29 is 8.42 Å². The van der Waals surface area contributed by atoms with Crippen LogP contribution >= 0.6 is 0 Å². The monoisotopic (exact) mass is 258 g/mol. The lowest BCUT2D eigenvalue weighted by Crippen LogP contribution is -2.43. The van der Waals surface area contributed by atoms with Crippen LogP contribution in [0.5, 0.6) is 0 Å². The molecule has 0 bridgehead atoms. The van der Waals surface area contributed by atoms with Crippen LogP contribution < -0.4 is 5.32 Å². The van der Waals surface area contributed by atoms with Crippen LogP contribution in [0.15, 0.2) is 12.2 Å². The second-order valence-electron chi connectivity index (χ2n) is 4.88. The van der Waals surface area contributed by atoms with E-state index in [-0.39, 0.29) is 5.25 Å². The Morgan fingerprint density at radius 3 is 2.71 bits per heavy atom. The molecule has 2 aliphatic rings. The molecule has 0 radical (unpaired) electrons. The lowest BCUT2D eigenvalue weighted by molar-refractivity contribution is 0.264. The summed E-state index contributed by atoms with van der Waals surface area (Å²) in [6, 6.07) is 0. The van der Waals surface area contributed by atoms with Crippen LogP contribution in [0.25, 0.3) is 0 Å². The molecule has 0 saturated carbocycles. The fourth-order valence-corrected chi connectivity index (χ4v) is 4.24. The number of hydrogen-bond acceptors (Lipinski definition) is 4. The Hall–Kier alpha value is -0.390. The first-order chi connectivity index (χ1) is 8.18. The standard InChI is InChI=1S/C12H22N2O2S/c15-17(16)11-2-1-4-12(17)5-3-8-14-9-6-13-7-10-14/h3,5,12-13H,1-2,4,6-11H2/b5-3-. The first kappa shape index (κ1) is 13.1. The molecule has 2 heterocycles. The molecule has 17 heavy (non-hydrogen) atoms. The minimum atomic E-state index is -2.84. The van der Waals surface area contributed by atoms with Gasteiger partial charge in [0.1, 0.15) is 0 Å². The topological polar surface area (TPSA) is 49.4 Å². The van der Waals surface area contributed by atoms with Crippen molar-refractivity contribution in [3.63, 3.8) is 0 Å². The predicted molar refractivity (Wildman–Crippen MR) is 69.9 cm³/mol. The van der Waals surface area contributed by atoms with Gasteiger partial charge in [0, 0.05) is 32.7 Å². The quantitative estimate of drug-likeness (QED) is 0.745. The second kappa shape index (κ2) is 5.98. The molecule has 2 aliphatic heterocycles. The lowest BCUT2D eigenvalue weighted by atomic mass is 10.2. The Morgan fingerprint density at radius 2 is 2.00 bits per heavy atom. The molecule has 98 valence electrons. The van der Waals surface area contributed by atoms with Crippen molar-refractivity contribution in [2.75, 3.05) is 38.5 Å². The maximum Gasteiger partial charge on any atom is 0.156 e. The Labute approximate surface area is 104 Å². The molecule has 4 nitrogen and oxygen atoms in total. The molecule has 0 spiro atoms. The molecule has 1 unspecified atom stereocenters. The third-order valence-corrected chi connectivity index (χ3v) is 5.73. The van der Waals surface area contributed by atoms with Gasteiger partial charge in [0.25, 0.3) is 0 Å². The Balaban J connectivity index is 1.82. The molecule has 5 heteroatoms. The van der Waals surface area contributed by atoms with Crippen molar-refractivity contribution in [1.29, 1.82) is 0 Å². The van der Waals surface area contributed by atoms with Gasteiger partial charge in [0.15, 0.2) is 9.84 Å². The average Bonchev–Trinajstić information content (AvgIpc) is 2.32. The van der Waals surface area contributed by atoms with Crippen molar-refractivity contribution >= 4 is 9.84 Å². The predicted octanol–water partition coefficient (Wildman–Crippen LogP) is 0.415.